The normalized spacial score (nSPS) is 17.1. The highest BCUT2D eigenvalue weighted by Crippen LogP contribution is 2.29. The molecule has 2 aromatic carbocycles. The molecule has 1 fully saturated rings. The van der Waals surface area contributed by atoms with Gasteiger partial charge in [-0.05, 0) is 38.5 Å². The number of amides is 2. The van der Waals surface area contributed by atoms with Crippen molar-refractivity contribution < 1.29 is 19.1 Å². The number of hydrogen-bond acceptors (Lipinski definition) is 4. The maximum atomic E-state index is 12.7. The van der Waals surface area contributed by atoms with Crippen LogP contribution in [-0.4, -0.2) is 41.9 Å². The molecule has 6 nitrogen and oxygen atoms in total. The van der Waals surface area contributed by atoms with Crippen molar-refractivity contribution in [2.75, 3.05) is 18.1 Å². The van der Waals surface area contributed by atoms with Gasteiger partial charge >= 0.3 is 5.97 Å². The molecule has 1 saturated heterocycles. The lowest BCUT2D eigenvalue weighted by atomic mass is 10.1. The van der Waals surface area contributed by atoms with Gasteiger partial charge in [0.15, 0.2) is 6.61 Å². The number of carbonyl (C=O) groups is 3. The Morgan fingerprint density at radius 1 is 1.03 bits per heavy atom. The second-order valence-electron chi connectivity index (χ2n) is 7.83. The van der Waals surface area contributed by atoms with E-state index in [2.05, 4.69) is 0 Å². The fourth-order valence-corrected chi connectivity index (χ4v) is 3.81. The molecule has 0 bridgehead atoms. The summed E-state index contributed by atoms with van der Waals surface area (Å²) in [4.78, 5) is 41.0. The molecule has 2 aromatic rings. The van der Waals surface area contributed by atoms with Crippen molar-refractivity contribution in [3.63, 3.8) is 0 Å². The second-order valence-corrected chi connectivity index (χ2v) is 7.83. The number of carbonyl (C=O) groups excluding carboxylic acids is 3. The molecule has 3 rings (SSSR count). The van der Waals surface area contributed by atoms with E-state index in [4.69, 9.17) is 4.74 Å². The van der Waals surface area contributed by atoms with Crippen LogP contribution in [0.25, 0.3) is 0 Å². The molecule has 1 aliphatic rings. The number of nitrogens with zero attached hydrogens (tertiary/aromatic N) is 2. The van der Waals surface area contributed by atoms with Crippen molar-refractivity contribution in [1.82, 2.24) is 4.90 Å². The Morgan fingerprint density at radius 2 is 1.63 bits per heavy atom. The lowest BCUT2D eigenvalue weighted by molar-refractivity contribution is -0.151. The van der Waals surface area contributed by atoms with Gasteiger partial charge in [-0.3, -0.25) is 14.4 Å². The maximum Gasteiger partial charge on any atom is 0.311 e. The Balaban J connectivity index is 1.58. The van der Waals surface area contributed by atoms with Gasteiger partial charge < -0.3 is 14.5 Å². The highest BCUT2D eigenvalue weighted by Gasteiger charge is 2.38. The molecule has 2 atom stereocenters. The first-order valence-corrected chi connectivity index (χ1v) is 10.3. The van der Waals surface area contributed by atoms with Gasteiger partial charge in [-0.15, -0.1) is 0 Å². The average molecular weight is 408 g/mol. The zero-order chi connectivity index (χ0) is 21.7. The van der Waals surface area contributed by atoms with Crippen molar-refractivity contribution in [3.8, 4) is 0 Å². The smallest absolute Gasteiger partial charge is 0.311 e. The van der Waals surface area contributed by atoms with E-state index in [-0.39, 0.29) is 36.9 Å². The summed E-state index contributed by atoms with van der Waals surface area (Å²) in [5.41, 5.74) is 1.78. The number of hydrogen-bond donors (Lipinski definition) is 0. The first-order chi connectivity index (χ1) is 14.4. The van der Waals surface area contributed by atoms with Crippen LogP contribution in [0.4, 0.5) is 5.69 Å². The van der Waals surface area contributed by atoms with E-state index in [0.717, 1.165) is 11.3 Å². The number of anilines is 1. The first kappa shape index (κ1) is 21.6. The van der Waals surface area contributed by atoms with E-state index in [0.29, 0.717) is 6.54 Å². The van der Waals surface area contributed by atoms with Crippen LogP contribution in [0.2, 0.25) is 0 Å². The molecule has 0 N–H and O–H groups in total. The van der Waals surface area contributed by atoms with E-state index < -0.39 is 11.9 Å². The molecule has 0 unspecified atom stereocenters. The fraction of sp³-hybridized carbons (Fsp3) is 0.375. The van der Waals surface area contributed by atoms with E-state index in [1.807, 2.05) is 81.4 Å². The summed E-state index contributed by atoms with van der Waals surface area (Å²) in [6.07, 6.45) is 0.108. The Hall–Kier alpha value is -3.15. The Kier molecular flexibility index (Phi) is 6.87. The number of likely N-dealkylation sites (tertiary alicyclic amines) is 1. The molecular weight excluding hydrogens is 380 g/mol. The van der Waals surface area contributed by atoms with Crippen molar-refractivity contribution in [2.24, 2.45) is 5.92 Å². The molecule has 0 spiro atoms. The van der Waals surface area contributed by atoms with Gasteiger partial charge in [-0.1, -0.05) is 48.5 Å². The highest BCUT2D eigenvalue weighted by atomic mass is 16.5. The van der Waals surface area contributed by atoms with E-state index in [1.54, 1.807) is 9.80 Å². The Labute approximate surface area is 177 Å². The molecule has 2 amide bonds. The van der Waals surface area contributed by atoms with Gasteiger partial charge in [0.1, 0.15) is 0 Å². The lowest BCUT2D eigenvalue weighted by Crippen LogP contribution is -2.40. The summed E-state index contributed by atoms with van der Waals surface area (Å²) in [7, 11) is 0. The minimum atomic E-state index is -0.555. The van der Waals surface area contributed by atoms with Crippen LogP contribution in [0, 0.1) is 5.92 Å². The van der Waals surface area contributed by atoms with Gasteiger partial charge in [0.05, 0.1) is 12.0 Å². The maximum absolute atomic E-state index is 12.7. The van der Waals surface area contributed by atoms with Crippen LogP contribution >= 0.6 is 0 Å². The molecule has 0 radical (unpaired) electrons. The third-order valence-corrected chi connectivity index (χ3v) is 5.40. The summed E-state index contributed by atoms with van der Waals surface area (Å²) in [5.74, 6) is -1.42. The summed E-state index contributed by atoms with van der Waals surface area (Å²) in [6.45, 7) is 5.72. The molecule has 1 heterocycles. The number of benzene rings is 2. The average Bonchev–Trinajstić information content (AvgIpc) is 3.14. The van der Waals surface area contributed by atoms with E-state index in [9.17, 15) is 14.4 Å². The predicted octanol–water partition coefficient (Wildman–Crippen LogP) is 3.58. The molecule has 158 valence electrons. The number of esters is 1. The molecule has 0 saturated carbocycles. The van der Waals surface area contributed by atoms with Crippen molar-refractivity contribution in [1.29, 1.82) is 0 Å². The monoisotopic (exact) mass is 408 g/mol. The standard InChI is InChI=1S/C24H28N2O4/c1-17(2)26(21-12-8-5-9-13-21)23(28)16-30-24(29)20-14-22(27)25(15-20)18(3)19-10-6-4-7-11-19/h4-13,17-18,20H,14-16H2,1-3H3/t18-,20-/m1/s1. The minimum Gasteiger partial charge on any atom is -0.455 e. The van der Waals surface area contributed by atoms with Gasteiger partial charge in [0, 0.05) is 24.7 Å². The van der Waals surface area contributed by atoms with Gasteiger partial charge in [-0.2, -0.15) is 0 Å². The van der Waals surface area contributed by atoms with Gasteiger partial charge in [-0.25, -0.2) is 0 Å². The molecule has 1 aliphatic heterocycles. The van der Waals surface area contributed by atoms with Crippen molar-refractivity contribution in [3.05, 3.63) is 66.2 Å². The van der Waals surface area contributed by atoms with E-state index in [1.165, 1.54) is 0 Å². The van der Waals surface area contributed by atoms with Crippen LogP contribution in [0.15, 0.2) is 60.7 Å². The van der Waals surface area contributed by atoms with Crippen molar-refractivity contribution >= 4 is 23.5 Å². The summed E-state index contributed by atoms with van der Waals surface area (Å²) in [5, 5.41) is 0. The summed E-state index contributed by atoms with van der Waals surface area (Å²) < 4.78 is 5.31. The first-order valence-electron chi connectivity index (χ1n) is 10.3. The zero-order valence-corrected chi connectivity index (χ0v) is 17.7. The molecule has 30 heavy (non-hydrogen) atoms. The van der Waals surface area contributed by atoms with Crippen LogP contribution in [0.3, 0.4) is 0 Å². The number of para-hydroxylation sites is 1. The predicted molar refractivity (Wildman–Crippen MR) is 115 cm³/mol. The number of rotatable bonds is 7. The zero-order valence-electron chi connectivity index (χ0n) is 17.7. The molecule has 0 aromatic heterocycles. The van der Waals surface area contributed by atoms with Crippen LogP contribution < -0.4 is 4.90 Å². The second kappa shape index (κ2) is 9.57. The Morgan fingerprint density at radius 3 is 2.23 bits per heavy atom. The third-order valence-electron chi connectivity index (χ3n) is 5.40. The Bertz CT molecular complexity index is 883. The van der Waals surface area contributed by atoms with E-state index >= 15 is 0 Å². The summed E-state index contributed by atoms with van der Waals surface area (Å²) >= 11 is 0. The van der Waals surface area contributed by atoms with Gasteiger partial charge in [0.25, 0.3) is 5.91 Å². The van der Waals surface area contributed by atoms with Gasteiger partial charge in [0.2, 0.25) is 5.91 Å². The minimum absolute atomic E-state index is 0.0751. The molecule has 0 aliphatic carbocycles. The third kappa shape index (κ3) is 4.87. The largest absolute Gasteiger partial charge is 0.455 e. The SMILES string of the molecule is CC(C)N(C(=O)COC(=O)[C@@H]1CC(=O)N([C@H](C)c2ccccc2)C1)c1ccccc1. The van der Waals surface area contributed by atoms with Crippen LogP contribution in [0.1, 0.15) is 38.8 Å². The topological polar surface area (TPSA) is 66.9 Å². The fourth-order valence-electron chi connectivity index (χ4n) is 3.81. The quantitative estimate of drug-likeness (QED) is 0.657. The highest BCUT2D eigenvalue weighted by molar-refractivity contribution is 5.96. The van der Waals surface area contributed by atoms with Crippen molar-refractivity contribution in [2.45, 2.75) is 39.3 Å². The number of ether oxygens (including phenoxy) is 1. The molecular formula is C24H28N2O4. The lowest BCUT2D eigenvalue weighted by Gasteiger charge is -2.27. The summed E-state index contributed by atoms with van der Waals surface area (Å²) in [6, 6.07) is 18.8. The van der Waals surface area contributed by atoms with Crippen LogP contribution in [0.5, 0.6) is 0 Å². The molecule has 6 heteroatoms. The van der Waals surface area contributed by atoms with Crippen LogP contribution in [-0.2, 0) is 19.1 Å².